The lowest BCUT2D eigenvalue weighted by molar-refractivity contribution is -0.141. The van der Waals surface area contributed by atoms with E-state index in [4.69, 9.17) is 0 Å². The highest BCUT2D eigenvalue weighted by molar-refractivity contribution is 7.10. The summed E-state index contributed by atoms with van der Waals surface area (Å²) in [4.78, 5) is 30.0. The van der Waals surface area contributed by atoms with Crippen molar-refractivity contribution in [1.29, 1.82) is 0 Å². The highest BCUT2D eigenvalue weighted by Gasteiger charge is 2.29. The second-order valence-corrected chi connectivity index (χ2v) is 7.92. The summed E-state index contributed by atoms with van der Waals surface area (Å²) in [7, 11) is 0. The normalized spacial score (nSPS) is 11.9. The zero-order valence-electron chi connectivity index (χ0n) is 14.6. The third kappa shape index (κ3) is 5.57. The summed E-state index contributed by atoms with van der Waals surface area (Å²) in [5.74, 6) is -0.975. The summed E-state index contributed by atoms with van der Waals surface area (Å²) in [5, 5.41) is 13.4. The van der Waals surface area contributed by atoms with E-state index in [1.54, 1.807) is 34.5 Å². The molecule has 0 aliphatic rings. The van der Waals surface area contributed by atoms with Gasteiger partial charge >= 0.3 is 12.0 Å². The van der Waals surface area contributed by atoms with Gasteiger partial charge in [-0.05, 0) is 36.2 Å². The van der Waals surface area contributed by atoms with Crippen LogP contribution in [0.5, 0.6) is 0 Å². The SMILES string of the molecule is CCCCN(C(=O)N(Cc1cccs1)Cc1cccs1)C(C)C(=O)O. The molecular weight excluding hydrogens is 356 g/mol. The van der Waals surface area contributed by atoms with Gasteiger partial charge in [0, 0.05) is 16.3 Å². The molecule has 0 aromatic carbocycles. The summed E-state index contributed by atoms with van der Waals surface area (Å²) in [5.41, 5.74) is 0. The lowest BCUT2D eigenvalue weighted by Crippen LogP contribution is -2.49. The van der Waals surface area contributed by atoms with Crippen LogP contribution in [0.1, 0.15) is 36.4 Å². The van der Waals surface area contributed by atoms with Gasteiger partial charge in [0.25, 0.3) is 0 Å². The first-order chi connectivity index (χ1) is 12.0. The van der Waals surface area contributed by atoms with Crippen LogP contribution in [-0.2, 0) is 17.9 Å². The molecule has 0 aliphatic heterocycles. The predicted octanol–water partition coefficient (Wildman–Crippen LogP) is 4.51. The molecular formula is C18H24N2O3S2. The average Bonchev–Trinajstić information content (AvgIpc) is 3.28. The standard InChI is InChI=1S/C18H24N2O3S2/c1-3-4-9-20(14(2)17(21)22)18(23)19(12-15-7-5-10-24-15)13-16-8-6-11-25-16/h5-8,10-11,14H,3-4,9,12-13H2,1-2H3,(H,21,22). The number of carboxylic acid groups (broad SMARTS) is 1. The number of nitrogens with zero attached hydrogens (tertiary/aromatic N) is 2. The highest BCUT2D eigenvalue weighted by Crippen LogP contribution is 2.20. The zero-order chi connectivity index (χ0) is 18.2. The van der Waals surface area contributed by atoms with Crippen LogP contribution in [-0.4, -0.2) is 39.5 Å². The monoisotopic (exact) mass is 380 g/mol. The van der Waals surface area contributed by atoms with E-state index in [-0.39, 0.29) is 6.03 Å². The number of aliphatic carboxylic acids is 1. The minimum atomic E-state index is -0.975. The molecule has 5 nitrogen and oxygen atoms in total. The number of unbranched alkanes of at least 4 members (excludes halogenated alkanes) is 1. The first kappa shape index (κ1) is 19.5. The molecule has 7 heteroatoms. The maximum Gasteiger partial charge on any atom is 0.326 e. The van der Waals surface area contributed by atoms with Crippen molar-refractivity contribution in [3.05, 3.63) is 44.8 Å². The molecule has 0 radical (unpaired) electrons. The van der Waals surface area contributed by atoms with Crippen LogP contribution in [0.25, 0.3) is 0 Å². The molecule has 136 valence electrons. The van der Waals surface area contributed by atoms with Crippen molar-refractivity contribution in [2.45, 2.75) is 45.8 Å². The van der Waals surface area contributed by atoms with Gasteiger partial charge in [0.2, 0.25) is 0 Å². The Morgan fingerprint density at radius 1 is 1.12 bits per heavy atom. The molecule has 2 heterocycles. The van der Waals surface area contributed by atoms with Crippen LogP contribution < -0.4 is 0 Å². The van der Waals surface area contributed by atoms with Gasteiger partial charge in [-0.25, -0.2) is 9.59 Å². The lowest BCUT2D eigenvalue weighted by Gasteiger charge is -2.32. The molecule has 0 aliphatic carbocycles. The van der Waals surface area contributed by atoms with E-state index in [2.05, 4.69) is 0 Å². The van der Waals surface area contributed by atoms with Crippen molar-refractivity contribution >= 4 is 34.7 Å². The van der Waals surface area contributed by atoms with Crippen molar-refractivity contribution in [2.75, 3.05) is 6.54 Å². The van der Waals surface area contributed by atoms with Crippen LogP contribution in [0.4, 0.5) is 4.79 Å². The van der Waals surface area contributed by atoms with Crippen molar-refractivity contribution in [3.8, 4) is 0 Å². The van der Waals surface area contributed by atoms with E-state index in [0.717, 1.165) is 22.6 Å². The van der Waals surface area contributed by atoms with Gasteiger partial charge in [0.15, 0.2) is 0 Å². The Kier molecular flexibility index (Phi) is 7.46. The molecule has 0 spiro atoms. The molecule has 2 rings (SSSR count). The molecule has 2 amide bonds. The summed E-state index contributed by atoms with van der Waals surface area (Å²) in [6, 6.07) is 6.86. The molecule has 0 saturated heterocycles. The topological polar surface area (TPSA) is 60.9 Å². The summed E-state index contributed by atoms with van der Waals surface area (Å²) >= 11 is 3.20. The largest absolute Gasteiger partial charge is 0.480 e. The molecule has 25 heavy (non-hydrogen) atoms. The number of urea groups is 1. The van der Waals surface area contributed by atoms with Gasteiger partial charge < -0.3 is 14.9 Å². The van der Waals surface area contributed by atoms with Gasteiger partial charge in [0.1, 0.15) is 6.04 Å². The molecule has 0 fully saturated rings. The van der Waals surface area contributed by atoms with E-state index < -0.39 is 12.0 Å². The summed E-state index contributed by atoms with van der Waals surface area (Å²) in [6.07, 6.45) is 1.70. The minimum Gasteiger partial charge on any atom is -0.480 e. The Balaban J connectivity index is 2.21. The lowest BCUT2D eigenvalue weighted by atomic mass is 10.2. The van der Waals surface area contributed by atoms with E-state index >= 15 is 0 Å². The molecule has 1 unspecified atom stereocenters. The number of hydrogen-bond acceptors (Lipinski definition) is 4. The van der Waals surface area contributed by atoms with Crippen LogP contribution in [0.15, 0.2) is 35.0 Å². The smallest absolute Gasteiger partial charge is 0.326 e. The van der Waals surface area contributed by atoms with Gasteiger partial charge in [-0.2, -0.15) is 0 Å². The first-order valence-electron chi connectivity index (χ1n) is 8.36. The third-order valence-electron chi connectivity index (χ3n) is 3.95. The Morgan fingerprint density at radius 3 is 2.08 bits per heavy atom. The first-order valence-corrected chi connectivity index (χ1v) is 10.1. The minimum absolute atomic E-state index is 0.217. The maximum atomic E-state index is 13.1. The van der Waals surface area contributed by atoms with Crippen LogP contribution >= 0.6 is 22.7 Å². The van der Waals surface area contributed by atoms with Gasteiger partial charge in [-0.1, -0.05) is 25.5 Å². The average molecular weight is 381 g/mol. The van der Waals surface area contributed by atoms with Crippen LogP contribution in [0, 0.1) is 0 Å². The van der Waals surface area contributed by atoms with Gasteiger partial charge in [0.05, 0.1) is 13.1 Å². The second kappa shape index (κ2) is 9.58. The van der Waals surface area contributed by atoms with Crippen molar-refractivity contribution in [3.63, 3.8) is 0 Å². The second-order valence-electron chi connectivity index (χ2n) is 5.86. The Hall–Kier alpha value is -1.86. The summed E-state index contributed by atoms with van der Waals surface area (Å²) < 4.78 is 0. The van der Waals surface area contributed by atoms with E-state index in [1.807, 2.05) is 41.9 Å². The van der Waals surface area contributed by atoms with Crippen molar-refractivity contribution in [1.82, 2.24) is 9.80 Å². The number of carbonyl (C=O) groups excluding carboxylic acids is 1. The number of rotatable bonds is 9. The summed E-state index contributed by atoms with van der Waals surface area (Å²) in [6.45, 7) is 5.04. The Labute approximate surface area is 156 Å². The number of carboxylic acids is 1. The van der Waals surface area contributed by atoms with Crippen molar-refractivity contribution in [2.24, 2.45) is 0 Å². The highest BCUT2D eigenvalue weighted by atomic mass is 32.1. The Morgan fingerprint density at radius 2 is 1.68 bits per heavy atom. The van der Waals surface area contributed by atoms with E-state index in [1.165, 1.54) is 4.90 Å². The number of carbonyl (C=O) groups is 2. The third-order valence-corrected chi connectivity index (χ3v) is 5.67. The molecule has 1 atom stereocenters. The maximum absolute atomic E-state index is 13.1. The van der Waals surface area contributed by atoms with E-state index in [9.17, 15) is 14.7 Å². The predicted molar refractivity (Wildman–Crippen MR) is 102 cm³/mol. The van der Waals surface area contributed by atoms with E-state index in [0.29, 0.717) is 19.6 Å². The molecule has 0 bridgehead atoms. The van der Waals surface area contributed by atoms with Crippen LogP contribution in [0.2, 0.25) is 0 Å². The van der Waals surface area contributed by atoms with Gasteiger partial charge in [-0.3, -0.25) is 0 Å². The molecule has 2 aromatic heterocycles. The van der Waals surface area contributed by atoms with Gasteiger partial charge in [-0.15, -0.1) is 22.7 Å². The number of hydrogen-bond donors (Lipinski definition) is 1. The fraction of sp³-hybridized carbons (Fsp3) is 0.444. The molecule has 2 aromatic rings. The zero-order valence-corrected chi connectivity index (χ0v) is 16.2. The fourth-order valence-corrected chi connectivity index (χ4v) is 3.91. The Bertz CT molecular complexity index is 620. The van der Waals surface area contributed by atoms with Crippen LogP contribution in [0.3, 0.4) is 0 Å². The molecule has 0 saturated carbocycles. The number of thiophene rings is 2. The molecule has 1 N–H and O–H groups in total. The fourth-order valence-electron chi connectivity index (χ4n) is 2.47. The number of amides is 2. The quantitative estimate of drug-likeness (QED) is 0.696. The van der Waals surface area contributed by atoms with Crippen molar-refractivity contribution < 1.29 is 14.7 Å².